The van der Waals surface area contributed by atoms with Crippen LogP contribution in [0.4, 0.5) is 4.79 Å². The number of piperazine rings is 1. The molecule has 1 fully saturated rings. The fourth-order valence-corrected chi connectivity index (χ4v) is 1.54. The first kappa shape index (κ1) is 10.4. The number of halogens is 1. The van der Waals surface area contributed by atoms with E-state index in [0.29, 0.717) is 13.1 Å². The number of carbonyl (C=O) groups is 1. The second-order valence-electron chi connectivity index (χ2n) is 3.04. The van der Waals surface area contributed by atoms with Crippen molar-refractivity contribution in [2.45, 2.75) is 6.42 Å². The average Bonchev–Trinajstić information content (AvgIpc) is 2.15. The molecular weight excluding hydrogens is 188 g/mol. The van der Waals surface area contributed by atoms with E-state index in [2.05, 4.69) is 10.8 Å². The smallest absolute Gasteiger partial charge is 0.316 e. The largest absolute Gasteiger partial charge is 0.327 e. The lowest BCUT2D eigenvalue weighted by atomic mass is 10.3. The molecule has 0 N–H and O–H groups in total. The summed E-state index contributed by atoms with van der Waals surface area (Å²) >= 11 is 5.34. The summed E-state index contributed by atoms with van der Waals surface area (Å²) in [4.78, 5) is 14.7. The van der Waals surface area contributed by atoms with Gasteiger partial charge in [0.05, 0.1) is 0 Å². The van der Waals surface area contributed by atoms with Crippen LogP contribution in [-0.4, -0.2) is 47.9 Å². The Kier molecular flexibility index (Phi) is 4.07. The van der Waals surface area contributed by atoms with Crippen LogP contribution in [0.1, 0.15) is 6.42 Å². The lowest BCUT2D eigenvalue weighted by Crippen LogP contribution is -2.47. The lowest BCUT2D eigenvalue weighted by molar-refractivity contribution is 0.155. The van der Waals surface area contributed by atoms with Crippen LogP contribution in [0.3, 0.4) is 0 Å². The van der Waals surface area contributed by atoms with Gasteiger partial charge in [0.2, 0.25) is 0 Å². The van der Waals surface area contributed by atoms with Gasteiger partial charge >= 0.3 is 5.37 Å². The van der Waals surface area contributed by atoms with Crippen LogP contribution in [0.2, 0.25) is 0 Å². The normalized spacial score (nSPS) is 18.3. The van der Waals surface area contributed by atoms with Gasteiger partial charge in [0.15, 0.2) is 0 Å². The van der Waals surface area contributed by atoms with Crippen LogP contribution in [0.25, 0.3) is 0 Å². The van der Waals surface area contributed by atoms with E-state index >= 15 is 0 Å². The predicted octanol–water partition coefficient (Wildman–Crippen LogP) is 0.986. The molecule has 0 aliphatic carbocycles. The van der Waals surface area contributed by atoms with Gasteiger partial charge in [0, 0.05) is 39.1 Å². The molecule has 1 heterocycles. The Labute approximate surface area is 83.6 Å². The molecule has 3 nitrogen and oxygen atoms in total. The van der Waals surface area contributed by atoms with Crippen LogP contribution in [0.5, 0.6) is 0 Å². The number of hydrogen-bond acceptors (Lipinski definition) is 2. The molecule has 0 aromatic rings. The molecule has 0 atom stereocenters. The summed E-state index contributed by atoms with van der Waals surface area (Å²) in [6.07, 6.45) is 5.93. The average molecular weight is 201 g/mol. The molecule has 0 saturated carbocycles. The van der Waals surface area contributed by atoms with Crippen LogP contribution in [0.15, 0.2) is 0 Å². The molecule has 0 unspecified atom stereocenters. The lowest BCUT2D eigenvalue weighted by Gasteiger charge is -2.32. The summed E-state index contributed by atoms with van der Waals surface area (Å²) in [5, 5.41) is -0.350. The summed E-state index contributed by atoms with van der Waals surface area (Å²) in [6.45, 7) is 4.10. The fourth-order valence-electron chi connectivity index (χ4n) is 1.37. The zero-order valence-electron chi connectivity index (χ0n) is 7.50. The summed E-state index contributed by atoms with van der Waals surface area (Å²) in [5.74, 6) is 2.60. The second-order valence-corrected chi connectivity index (χ2v) is 3.36. The minimum absolute atomic E-state index is 0.350. The molecule has 1 saturated heterocycles. The summed E-state index contributed by atoms with van der Waals surface area (Å²) in [7, 11) is 0. The van der Waals surface area contributed by atoms with Crippen molar-refractivity contribution in [1.29, 1.82) is 0 Å². The Morgan fingerprint density at radius 3 is 2.46 bits per heavy atom. The van der Waals surface area contributed by atoms with Gasteiger partial charge in [-0.2, -0.15) is 0 Å². The highest BCUT2D eigenvalue weighted by Crippen LogP contribution is 2.04. The first-order valence-corrected chi connectivity index (χ1v) is 4.72. The first-order valence-electron chi connectivity index (χ1n) is 4.34. The van der Waals surface area contributed by atoms with Crippen molar-refractivity contribution in [3.63, 3.8) is 0 Å². The third-order valence-corrected chi connectivity index (χ3v) is 2.43. The Hall–Kier alpha value is -0.720. The minimum atomic E-state index is -0.350. The minimum Gasteiger partial charge on any atom is -0.327 e. The fraction of sp³-hybridized carbons (Fsp3) is 0.667. The standard InChI is InChI=1S/C9H13ClN2O/c1-2-3-4-11-5-7-12(8-6-11)9(10)13/h1H,3-8H2. The van der Waals surface area contributed by atoms with Crippen LogP contribution in [-0.2, 0) is 0 Å². The first-order chi connectivity index (χ1) is 6.24. The van der Waals surface area contributed by atoms with E-state index in [1.165, 1.54) is 0 Å². The van der Waals surface area contributed by atoms with Gasteiger partial charge < -0.3 is 4.90 Å². The van der Waals surface area contributed by atoms with E-state index in [4.69, 9.17) is 18.0 Å². The highest BCUT2D eigenvalue weighted by Gasteiger charge is 2.18. The number of hydrogen-bond donors (Lipinski definition) is 0. The highest BCUT2D eigenvalue weighted by atomic mass is 35.5. The van der Waals surface area contributed by atoms with E-state index < -0.39 is 0 Å². The third kappa shape index (κ3) is 3.25. The molecule has 0 bridgehead atoms. The zero-order chi connectivity index (χ0) is 9.68. The summed E-state index contributed by atoms with van der Waals surface area (Å²) in [5.41, 5.74) is 0. The van der Waals surface area contributed by atoms with Crippen molar-refractivity contribution in [2.24, 2.45) is 0 Å². The molecule has 0 radical (unpaired) electrons. The molecule has 1 rings (SSSR count). The maximum absolute atomic E-state index is 10.8. The molecule has 0 aromatic carbocycles. The maximum Gasteiger partial charge on any atom is 0.316 e. The van der Waals surface area contributed by atoms with E-state index in [0.717, 1.165) is 26.1 Å². The van der Waals surface area contributed by atoms with Crippen LogP contribution < -0.4 is 0 Å². The SMILES string of the molecule is C#CCCN1CCN(C(=O)Cl)CC1. The number of rotatable bonds is 2. The quantitative estimate of drug-likeness (QED) is 0.377. The molecule has 0 spiro atoms. The van der Waals surface area contributed by atoms with Gasteiger partial charge in [-0.25, -0.2) is 0 Å². The number of carbonyl (C=O) groups excluding carboxylic acids is 1. The molecule has 0 aromatic heterocycles. The summed E-state index contributed by atoms with van der Waals surface area (Å²) < 4.78 is 0. The van der Waals surface area contributed by atoms with Gasteiger partial charge in [-0.1, -0.05) is 0 Å². The monoisotopic (exact) mass is 200 g/mol. The Balaban J connectivity index is 2.23. The van der Waals surface area contributed by atoms with Gasteiger partial charge in [-0.05, 0) is 11.6 Å². The molecule has 1 aliphatic rings. The zero-order valence-corrected chi connectivity index (χ0v) is 8.26. The molecule has 72 valence electrons. The van der Waals surface area contributed by atoms with E-state index in [9.17, 15) is 4.79 Å². The third-order valence-electron chi connectivity index (χ3n) is 2.19. The van der Waals surface area contributed by atoms with E-state index in [-0.39, 0.29) is 5.37 Å². The topological polar surface area (TPSA) is 23.6 Å². The van der Waals surface area contributed by atoms with E-state index in [1.807, 2.05) is 0 Å². The highest BCUT2D eigenvalue weighted by molar-refractivity contribution is 6.62. The van der Waals surface area contributed by atoms with Crippen molar-refractivity contribution in [2.75, 3.05) is 32.7 Å². The number of nitrogens with zero attached hydrogens (tertiary/aromatic N) is 2. The number of amides is 1. The van der Waals surface area contributed by atoms with Gasteiger partial charge in [-0.3, -0.25) is 9.69 Å². The molecule has 1 amide bonds. The number of terminal acetylenes is 1. The Morgan fingerprint density at radius 2 is 2.00 bits per heavy atom. The van der Waals surface area contributed by atoms with Crippen molar-refractivity contribution in [3.05, 3.63) is 0 Å². The molecule has 13 heavy (non-hydrogen) atoms. The van der Waals surface area contributed by atoms with Crippen molar-refractivity contribution >= 4 is 17.0 Å². The van der Waals surface area contributed by atoms with Crippen molar-refractivity contribution in [3.8, 4) is 12.3 Å². The van der Waals surface area contributed by atoms with Crippen molar-refractivity contribution in [1.82, 2.24) is 9.80 Å². The van der Waals surface area contributed by atoms with Crippen LogP contribution >= 0.6 is 11.6 Å². The van der Waals surface area contributed by atoms with Gasteiger partial charge in [0.25, 0.3) is 0 Å². The maximum atomic E-state index is 10.8. The Bertz CT molecular complexity index is 216. The van der Waals surface area contributed by atoms with Gasteiger partial charge in [-0.15, -0.1) is 12.3 Å². The summed E-state index contributed by atoms with van der Waals surface area (Å²) in [6, 6.07) is 0. The van der Waals surface area contributed by atoms with Crippen molar-refractivity contribution < 1.29 is 4.79 Å². The van der Waals surface area contributed by atoms with Crippen LogP contribution in [0, 0.1) is 12.3 Å². The predicted molar refractivity (Wildman–Crippen MR) is 52.7 cm³/mol. The molecule has 1 aliphatic heterocycles. The van der Waals surface area contributed by atoms with E-state index in [1.54, 1.807) is 4.90 Å². The second kappa shape index (κ2) is 5.11. The Morgan fingerprint density at radius 1 is 1.38 bits per heavy atom. The molecule has 4 heteroatoms. The van der Waals surface area contributed by atoms with Gasteiger partial charge in [0.1, 0.15) is 0 Å². The molecular formula is C9H13ClN2O.